The topological polar surface area (TPSA) is 50.2 Å². The maximum absolute atomic E-state index is 6.24. The molecule has 3 heterocycles. The smallest absolute Gasteiger partial charge is 0.215 e. The van der Waals surface area contributed by atoms with Gasteiger partial charge in [-0.3, -0.25) is 9.89 Å². The van der Waals surface area contributed by atoms with Gasteiger partial charge in [-0.1, -0.05) is 42.7 Å². The van der Waals surface area contributed by atoms with Crippen molar-refractivity contribution in [1.82, 2.24) is 9.88 Å². The number of rotatable bonds is 8. The first-order valence-corrected chi connectivity index (χ1v) is 13.0. The zero-order valence-electron chi connectivity index (χ0n) is 20.5. The Morgan fingerprint density at radius 3 is 2.85 bits per heavy atom. The number of hydrogen-bond acceptors (Lipinski definition) is 6. The van der Waals surface area contributed by atoms with Crippen LogP contribution in [-0.2, 0) is 11.3 Å². The van der Waals surface area contributed by atoms with E-state index < -0.39 is 0 Å². The number of aryl methyl sites for hydroxylation is 1. The molecule has 1 aromatic heterocycles. The fraction of sp³-hybridized carbons (Fsp3) is 0.571. The van der Waals surface area contributed by atoms with E-state index in [0.717, 1.165) is 61.8 Å². The van der Waals surface area contributed by atoms with Gasteiger partial charge in [-0.25, -0.2) is 4.98 Å². The van der Waals surface area contributed by atoms with Crippen LogP contribution in [0.25, 0.3) is 0 Å². The van der Waals surface area contributed by atoms with E-state index in [1.807, 2.05) is 6.21 Å². The molecule has 2 atom stereocenters. The molecule has 6 heteroatoms. The standard InChI is InChI=1S/C28H38N4O2/c1-22-5-4-6-23(17-22)20-29-21-25-18-26(31-11-14-33-15-12-31)19-28(30-25)34-16-13-32-10-9-24-7-2-3-8-27(24)32/h4-6,17-20,24,27H,2-3,7-16,21H2,1H3. The largest absolute Gasteiger partial charge is 0.476 e. The summed E-state index contributed by atoms with van der Waals surface area (Å²) in [6.45, 7) is 8.86. The number of aromatic nitrogens is 1. The van der Waals surface area contributed by atoms with Crippen LogP contribution in [0.3, 0.4) is 0 Å². The van der Waals surface area contributed by atoms with Gasteiger partial charge in [0, 0.05) is 43.6 Å². The third kappa shape index (κ3) is 5.97. The number of nitrogens with zero attached hydrogens (tertiary/aromatic N) is 4. The third-order valence-corrected chi connectivity index (χ3v) is 7.51. The van der Waals surface area contributed by atoms with E-state index >= 15 is 0 Å². The van der Waals surface area contributed by atoms with Gasteiger partial charge in [-0.15, -0.1) is 0 Å². The van der Waals surface area contributed by atoms with Gasteiger partial charge >= 0.3 is 0 Å². The van der Waals surface area contributed by atoms with Crippen LogP contribution in [-0.4, -0.2) is 68.1 Å². The molecule has 182 valence electrons. The molecule has 1 aromatic carbocycles. The number of morpholine rings is 1. The maximum atomic E-state index is 6.24. The summed E-state index contributed by atoms with van der Waals surface area (Å²) >= 11 is 0. The summed E-state index contributed by atoms with van der Waals surface area (Å²) in [5.41, 5.74) is 4.45. The summed E-state index contributed by atoms with van der Waals surface area (Å²) in [6, 6.07) is 13.4. The molecule has 6 nitrogen and oxygen atoms in total. The zero-order valence-corrected chi connectivity index (χ0v) is 20.5. The molecule has 0 spiro atoms. The third-order valence-electron chi connectivity index (χ3n) is 7.51. The van der Waals surface area contributed by atoms with E-state index in [9.17, 15) is 0 Å². The Kier molecular flexibility index (Phi) is 7.76. The molecule has 0 bridgehead atoms. The molecule has 3 aliphatic rings. The van der Waals surface area contributed by atoms with E-state index in [2.05, 4.69) is 58.1 Å². The lowest BCUT2D eigenvalue weighted by atomic mass is 9.85. The summed E-state index contributed by atoms with van der Waals surface area (Å²) in [5, 5.41) is 0. The van der Waals surface area contributed by atoms with Crippen LogP contribution in [0, 0.1) is 12.8 Å². The van der Waals surface area contributed by atoms with E-state index in [0.29, 0.717) is 19.0 Å². The molecule has 0 amide bonds. The van der Waals surface area contributed by atoms with Crippen molar-refractivity contribution in [2.45, 2.75) is 51.6 Å². The maximum Gasteiger partial charge on any atom is 0.215 e. The Bertz CT molecular complexity index is 973. The van der Waals surface area contributed by atoms with Crippen molar-refractivity contribution in [3.05, 3.63) is 53.2 Å². The van der Waals surface area contributed by atoms with Gasteiger partial charge < -0.3 is 14.4 Å². The van der Waals surface area contributed by atoms with Crippen LogP contribution >= 0.6 is 0 Å². The highest BCUT2D eigenvalue weighted by Gasteiger charge is 2.35. The molecule has 34 heavy (non-hydrogen) atoms. The number of ether oxygens (including phenoxy) is 2. The Balaban J connectivity index is 1.24. The van der Waals surface area contributed by atoms with Gasteiger partial charge in [0.05, 0.1) is 25.5 Å². The minimum atomic E-state index is 0.540. The van der Waals surface area contributed by atoms with E-state index in [1.165, 1.54) is 44.2 Å². The van der Waals surface area contributed by atoms with E-state index in [-0.39, 0.29) is 0 Å². The van der Waals surface area contributed by atoms with E-state index in [1.54, 1.807) is 0 Å². The van der Waals surface area contributed by atoms with Crippen molar-refractivity contribution in [3.63, 3.8) is 0 Å². The predicted octanol–water partition coefficient (Wildman–Crippen LogP) is 4.49. The lowest BCUT2D eigenvalue weighted by Crippen LogP contribution is -2.37. The Morgan fingerprint density at radius 2 is 1.97 bits per heavy atom. The summed E-state index contributed by atoms with van der Waals surface area (Å²) in [6.07, 6.45) is 8.87. The summed E-state index contributed by atoms with van der Waals surface area (Å²) < 4.78 is 11.8. The highest BCUT2D eigenvalue weighted by atomic mass is 16.5. The first-order chi connectivity index (χ1) is 16.7. The molecular formula is C28H38N4O2. The second-order valence-corrected chi connectivity index (χ2v) is 9.92. The SMILES string of the molecule is Cc1cccc(C=NCc2cc(N3CCOCC3)cc(OCCN3CCC4CCCCC43)n2)c1. The Labute approximate surface area is 204 Å². The number of fused-ring (bicyclic) bond motifs is 1. The summed E-state index contributed by atoms with van der Waals surface area (Å²) in [5.74, 6) is 1.62. The van der Waals surface area contributed by atoms with Crippen molar-refractivity contribution >= 4 is 11.9 Å². The van der Waals surface area contributed by atoms with Gasteiger partial charge in [0.2, 0.25) is 5.88 Å². The minimum Gasteiger partial charge on any atom is -0.476 e. The lowest BCUT2D eigenvalue weighted by molar-refractivity contribution is 0.122. The van der Waals surface area contributed by atoms with Crippen molar-refractivity contribution in [2.75, 3.05) is 50.9 Å². The Morgan fingerprint density at radius 1 is 1.09 bits per heavy atom. The van der Waals surface area contributed by atoms with Crippen molar-refractivity contribution < 1.29 is 9.47 Å². The Hall–Kier alpha value is -2.44. The van der Waals surface area contributed by atoms with Crippen molar-refractivity contribution in [3.8, 4) is 5.88 Å². The minimum absolute atomic E-state index is 0.540. The van der Waals surface area contributed by atoms with Crippen LogP contribution in [0.2, 0.25) is 0 Å². The van der Waals surface area contributed by atoms with Crippen LogP contribution in [0.4, 0.5) is 5.69 Å². The number of anilines is 1. The summed E-state index contributed by atoms with van der Waals surface area (Å²) in [7, 11) is 0. The number of benzene rings is 1. The second-order valence-electron chi connectivity index (χ2n) is 9.92. The van der Waals surface area contributed by atoms with Crippen LogP contribution < -0.4 is 9.64 Å². The van der Waals surface area contributed by atoms with Gasteiger partial charge in [0.25, 0.3) is 0 Å². The number of aliphatic imine (C=N–C) groups is 1. The molecule has 2 aromatic rings. The molecule has 2 aliphatic heterocycles. The lowest BCUT2D eigenvalue weighted by Gasteiger charge is -2.31. The van der Waals surface area contributed by atoms with Crippen molar-refractivity contribution in [2.24, 2.45) is 10.9 Å². The number of likely N-dealkylation sites (tertiary alicyclic amines) is 1. The fourth-order valence-electron chi connectivity index (χ4n) is 5.75. The molecule has 2 unspecified atom stereocenters. The normalized spacial score (nSPS) is 23.4. The van der Waals surface area contributed by atoms with Crippen molar-refractivity contribution in [1.29, 1.82) is 0 Å². The predicted molar refractivity (Wildman–Crippen MR) is 137 cm³/mol. The summed E-state index contributed by atoms with van der Waals surface area (Å²) in [4.78, 5) is 14.5. The van der Waals surface area contributed by atoms with Crippen LogP contribution in [0.5, 0.6) is 5.88 Å². The molecule has 0 N–H and O–H groups in total. The van der Waals surface area contributed by atoms with Gasteiger partial charge in [0.15, 0.2) is 0 Å². The highest BCUT2D eigenvalue weighted by Crippen LogP contribution is 2.35. The van der Waals surface area contributed by atoms with Crippen LogP contribution in [0.1, 0.15) is 48.9 Å². The van der Waals surface area contributed by atoms with Crippen LogP contribution in [0.15, 0.2) is 41.4 Å². The monoisotopic (exact) mass is 462 g/mol. The molecule has 1 saturated carbocycles. The average Bonchev–Trinajstić information content (AvgIpc) is 3.28. The fourth-order valence-corrected chi connectivity index (χ4v) is 5.75. The highest BCUT2D eigenvalue weighted by molar-refractivity contribution is 5.79. The molecular weight excluding hydrogens is 424 g/mol. The number of hydrogen-bond donors (Lipinski definition) is 0. The molecule has 5 rings (SSSR count). The quantitative estimate of drug-likeness (QED) is 0.541. The molecule has 3 fully saturated rings. The van der Waals surface area contributed by atoms with Gasteiger partial charge in [0.1, 0.15) is 6.61 Å². The number of pyridine rings is 1. The second kappa shape index (κ2) is 11.3. The molecule has 2 saturated heterocycles. The van der Waals surface area contributed by atoms with Gasteiger partial charge in [-0.2, -0.15) is 0 Å². The molecule has 1 aliphatic carbocycles. The first kappa shape index (κ1) is 23.3. The van der Waals surface area contributed by atoms with E-state index in [4.69, 9.17) is 14.5 Å². The average molecular weight is 463 g/mol. The van der Waals surface area contributed by atoms with Gasteiger partial charge in [-0.05, 0) is 50.3 Å². The molecule has 0 radical (unpaired) electrons. The zero-order chi connectivity index (χ0) is 23.2. The first-order valence-electron chi connectivity index (χ1n) is 13.0.